The number of hydrogen-bond acceptors (Lipinski definition) is 6. The van der Waals surface area contributed by atoms with Crippen LogP contribution in [0.4, 0.5) is 11.4 Å². The summed E-state index contributed by atoms with van der Waals surface area (Å²) in [6, 6.07) is 9.64. The number of carbonyl (C=O) groups excluding carboxylic acids is 1. The van der Waals surface area contributed by atoms with Crippen LogP contribution in [0.3, 0.4) is 0 Å². The van der Waals surface area contributed by atoms with Gasteiger partial charge in [0, 0.05) is 29.1 Å². The highest BCUT2D eigenvalue weighted by Gasteiger charge is 2.36. The Bertz CT molecular complexity index is 899. The minimum atomic E-state index is -0.788. The van der Waals surface area contributed by atoms with Crippen LogP contribution in [0, 0.1) is 10.1 Å². The molecular formula is C19H20N3O5-. The van der Waals surface area contributed by atoms with Gasteiger partial charge in [-0.1, -0.05) is 19.1 Å². The number of nitrogens with one attached hydrogen (secondary N) is 1. The van der Waals surface area contributed by atoms with Gasteiger partial charge in [-0.25, -0.2) is 0 Å². The molecule has 1 aliphatic heterocycles. The number of carbonyl (C=O) groups is 1. The lowest BCUT2D eigenvalue weighted by Gasteiger charge is -2.41. The Labute approximate surface area is 156 Å². The van der Waals surface area contributed by atoms with Crippen molar-refractivity contribution in [2.75, 3.05) is 12.4 Å². The molecule has 1 N–H and O–H groups in total. The number of amides is 1. The lowest BCUT2D eigenvalue weighted by molar-refractivity contribution is -0.398. The number of fused-ring (bicyclic) bond motifs is 1. The molecule has 3 rings (SSSR count). The molecule has 142 valence electrons. The Balaban J connectivity index is 2.17. The summed E-state index contributed by atoms with van der Waals surface area (Å²) in [6.45, 7) is 3.87. The van der Waals surface area contributed by atoms with E-state index in [1.165, 1.54) is 19.2 Å². The van der Waals surface area contributed by atoms with Gasteiger partial charge in [-0.15, -0.1) is 0 Å². The molecule has 0 fully saturated rings. The van der Waals surface area contributed by atoms with Gasteiger partial charge >= 0.3 is 0 Å². The Morgan fingerprint density at radius 1 is 1.33 bits per heavy atom. The summed E-state index contributed by atoms with van der Waals surface area (Å²) in [4.78, 5) is 25.3. The maximum Gasteiger partial charge on any atom is 0.265 e. The van der Waals surface area contributed by atoms with Crippen LogP contribution in [0.25, 0.3) is 0 Å². The second kappa shape index (κ2) is 7.14. The van der Waals surface area contributed by atoms with Crippen molar-refractivity contribution in [2.24, 2.45) is 0 Å². The molecule has 2 aromatic rings. The number of nitrogens with zero attached hydrogens (tertiary/aromatic N) is 2. The first-order valence-corrected chi connectivity index (χ1v) is 8.60. The van der Waals surface area contributed by atoms with Crippen LogP contribution in [0.5, 0.6) is 11.5 Å². The Morgan fingerprint density at radius 3 is 2.67 bits per heavy atom. The van der Waals surface area contributed by atoms with Crippen LogP contribution >= 0.6 is 0 Å². The van der Waals surface area contributed by atoms with Crippen molar-refractivity contribution in [3.63, 3.8) is 0 Å². The predicted molar refractivity (Wildman–Crippen MR) is 97.8 cm³/mol. The third kappa shape index (κ3) is 3.14. The molecule has 0 aliphatic carbocycles. The lowest BCUT2D eigenvalue weighted by Crippen LogP contribution is -2.47. The van der Waals surface area contributed by atoms with Gasteiger partial charge in [0.05, 0.1) is 17.6 Å². The molecule has 0 unspecified atom stereocenters. The largest absolute Gasteiger partial charge is 0.865 e. The average molecular weight is 370 g/mol. The van der Waals surface area contributed by atoms with Crippen molar-refractivity contribution < 1.29 is 19.6 Å². The number of para-hydroxylation sites is 1. The van der Waals surface area contributed by atoms with Crippen molar-refractivity contribution in [1.82, 2.24) is 4.90 Å². The maximum atomic E-state index is 13.1. The summed E-state index contributed by atoms with van der Waals surface area (Å²) < 4.78 is 5.04. The molecule has 1 heterocycles. The fourth-order valence-corrected chi connectivity index (χ4v) is 3.22. The van der Waals surface area contributed by atoms with Crippen LogP contribution in [-0.2, 0) is 0 Å². The van der Waals surface area contributed by atoms with Gasteiger partial charge in [0.15, 0.2) is 0 Å². The third-order valence-corrected chi connectivity index (χ3v) is 4.82. The molecule has 8 heteroatoms. The summed E-state index contributed by atoms with van der Waals surface area (Å²) in [5, 5.41) is 26.7. The van der Waals surface area contributed by atoms with Crippen LogP contribution < -0.4 is 15.2 Å². The van der Waals surface area contributed by atoms with Gasteiger partial charge < -0.3 is 20.1 Å². The van der Waals surface area contributed by atoms with Gasteiger partial charge in [-0.2, -0.15) is 0 Å². The summed E-state index contributed by atoms with van der Waals surface area (Å²) in [6.07, 6.45) is 0.0425. The minimum absolute atomic E-state index is 0.125. The van der Waals surface area contributed by atoms with E-state index in [1.54, 1.807) is 29.2 Å². The molecule has 2 atom stereocenters. The van der Waals surface area contributed by atoms with E-state index < -0.39 is 22.5 Å². The van der Waals surface area contributed by atoms with E-state index in [0.717, 1.165) is 0 Å². The number of anilines is 1. The number of benzene rings is 2. The first kappa shape index (κ1) is 18.5. The normalized spacial score (nSPS) is 17.1. The quantitative estimate of drug-likeness (QED) is 0.640. The van der Waals surface area contributed by atoms with Crippen LogP contribution in [0.2, 0.25) is 0 Å². The molecule has 1 amide bonds. The van der Waals surface area contributed by atoms with Crippen molar-refractivity contribution in [1.29, 1.82) is 0 Å². The molecule has 0 saturated carbocycles. The first-order chi connectivity index (χ1) is 12.9. The molecule has 2 aromatic carbocycles. The van der Waals surface area contributed by atoms with E-state index in [0.29, 0.717) is 23.2 Å². The fraction of sp³-hybridized carbons (Fsp3) is 0.316. The molecule has 0 saturated heterocycles. The average Bonchev–Trinajstić information content (AvgIpc) is 2.67. The van der Waals surface area contributed by atoms with Gasteiger partial charge in [0.25, 0.3) is 11.6 Å². The maximum absolute atomic E-state index is 13.1. The Kier molecular flexibility index (Phi) is 4.89. The molecular weight excluding hydrogens is 350 g/mol. The number of rotatable bonds is 5. The van der Waals surface area contributed by atoms with E-state index in [1.807, 2.05) is 13.8 Å². The van der Waals surface area contributed by atoms with E-state index in [-0.39, 0.29) is 17.7 Å². The standard InChI is InChI=1S/C19H21N3O5/c1-4-11(2)21-18(20-14-8-6-5-7-13(14)19(21)24)12-9-15(22(25)26)17(23)16(10-12)27-3/h5-11,18,20,23H,4H2,1-3H3/p-1/t11-,18-/m1/s1. The number of nitro groups is 1. The Morgan fingerprint density at radius 2 is 2.04 bits per heavy atom. The van der Waals surface area contributed by atoms with Crippen LogP contribution in [0.15, 0.2) is 36.4 Å². The van der Waals surface area contributed by atoms with Crippen LogP contribution in [0.1, 0.15) is 42.4 Å². The topological polar surface area (TPSA) is 108 Å². The highest BCUT2D eigenvalue weighted by Crippen LogP contribution is 2.41. The predicted octanol–water partition coefficient (Wildman–Crippen LogP) is 3.04. The third-order valence-electron chi connectivity index (χ3n) is 4.82. The molecule has 8 nitrogen and oxygen atoms in total. The van der Waals surface area contributed by atoms with Gasteiger partial charge in [0.1, 0.15) is 11.9 Å². The number of methoxy groups -OCH3 is 1. The van der Waals surface area contributed by atoms with E-state index >= 15 is 0 Å². The lowest BCUT2D eigenvalue weighted by atomic mass is 10.00. The smallest absolute Gasteiger partial charge is 0.265 e. The highest BCUT2D eigenvalue weighted by molar-refractivity contribution is 6.02. The first-order valence-electron chi connectivity index (χ1n) is 8.60. The van der Waals surface area contributed by atoms with E-state index in [9.17, 15) is 20.0 Å². The Hall–Kier alpha value is -3.29. The summed E-state index contributed by atoms with van der Waals surface area (Å²) >= 11 is 0. The van der Waals surface area contributed by atoms with Crippen molar-refractivity contribution in [3.05, 3.63) is 57.6 Å². The van der Waals surface area contributed by atoms with Crippen molar-refractivity contribution in [3.8, 4) is 11.5 Å². The molecule has 0 radical (unpaired) electrons. The second-order valence-electron chi connectivity index (χ2n) is 6.39. The molecule has 0 spiro atoms. The fourth-order valence-electron chi connectivity index (χ4n) is 3.22. The summed E-state index contributed by atoms with van der Waals surface area (Å²) in [7, 11) is 1.28. The zero-order valence-corrected chi connectivity index (χ0v) is 15.3. The zero-order chi connectivity index (χ0) is 19.7. The van der Waals surface area contributed by atoms with E-state index in [4.69, 9.17) is 4.74 Å². The highest BCUT2D eigenvalue weighted by atomic mass is 16.6. The monoisotopic (exact) mass is 370 g/mol. The van der Waals surface area contributed by atoms with Crippen molar-refractivity contribution >= 4 is 17.3 Å². The van der Waals surface area contributed by atoms with Gasteiger partial charge in [0.2, 0.25) is 0 Å². The number of nitro benzene ring substituents is 1. The SMILES string of the molecule is CC[C@@H](C)N1C(=O)c2ccccc2N[C@H]1c1cc(OC)c([O-])c([N+](=O)[O-])c1. The molecule has 0 aromatic heterocycles. The second-order valence-corrected chi connectivity index (χ2v) is 6.39. The van der Waals surface area contributed by atoms with Gasteiger partial charge in [-0.3, -0.25) is 14.9 Å². The van der Waals surface area contributed by atoms with E-state index in [2.05, 4.69) is 5.32 Å². The summed E-state index contributed by atoms with van der Waals surface area (Å²) in [5.41, 5.74) is 1.01. The number of hydrogen-bond donors (Lipinski definition) is 1. The summed E-state index contributed by atoms with van der Waals surface area (Å²) in [5.74, 6) is -1.09. The van der Waals surface area contributed by atoms with Crippen LogP contribution in [-0.4, -0.2) is 28.9 Å². The van der Waals surface area contributed by atoms with Crippen molar-refractivity contribution in [2.45, 2.75) is 32.5 Å². The molecule has 27 heavy (non-hydrogen) atoms. The van der Waals surface area contributed by atoms with Gasteiger partial charge in [-0.05, 0) is 31.5 Å². The molecule has 0 bridgehead atoms. The number of ether oxygens (including phenoxy) is 1. The molecule has 1 aliphatic rings. The zero-order valence-electron chi connectivity index (χ0n) is 15.3. The minimum Gasteiger partial charge on any atom is -0.865 e.